The molecule has 1 nitrogen and oxygen atoms in total. The first-order valence-electron chi connectivity index (χ1n) is 2.93. The van der Waals surface area contributed by atoms with Gasteiger partial charge in [0.05, 0.1) is 11.6 Å². The zero-order valence-corrected chi connectivity index (χ0v) is 5.51. The van der Waals surface area contributed by atoms with Crippen LogP contribution in [-0.2, 0) is 0 Å². The summed E-state index contributed by atoms with van der Waals surface area (Å²) in [6.07, 6.45) is -2.53. The fraction of sp³-hybridized carbons (Fsp3) is 0.125. The van der Waals surface area contributed by atoms with Gasteiger partial charge in [0.15, 0.2) is 0 Å². The maximum atomic E-state index is 12.0. The standard InChI is InChI=1S/C8H4F2N/c9-8(10)7-3-1-2-6(4-7)5-11/h2-4,8H. The van der Waals surface area contributed by atoms with Crippen LogP contribution in [0.5, 0.6) is 0 Å². The van der Waals surface area contributed by atoms with Crippen LogP contribution in [0.2, 0.25) is 0 Å². The molecule has 0 amide bonds. The number of hydrogen-bond acceptors (Lipinski definition) is 1. The molecule has 0 aromatic heterocycles. The van der Waals surface area contributed by atoms with E-state index in [1.165, 1.54) is 12.1 Å². The fourth-order valence-corrected chi connectivity index (χ4v) is 0.681. The smallest absolute Gasteiger partial charge is 0.205 e. The third-order valence-electron chi connectivity index (χ3n) is 1.19. The lowest BCUT2D eigenvalue weighted by Crippen LogP contribution is -1.84. The van der Waals surface area contributed by atoms with Crippen LogP contribution in [0.1, 0.15) is 17.6 Å². The second kappa shape index (κ2) is 3.11. The number of nitrogens with zero attached hydrogens (tertiary/aromatic N) is 1. The van der Waals surface area contributed by atoms with Crippen LogP contribution in [0, 0.1) is 17.4 Å². The molecule has 11 heavy (non-hydrogen) atoms. The third-order valence-corrected chi connectivity index (χ3v) is 1.19. The Hall–Kier alpha value is -1.43. The molecule has 3 heteroatoms. The molecule has 0 bridgehead atoms. The van der Waals surface area contributed by atoms with E-state index in [9.17, 15) is 8.78 Å². The van der Waals surface area contributed by atoms with Gasteiger partial charge in [-0.1, -0.05) is 0 Å². The summed E-state index contributed by atoms with van der Waals surface area (Å²) in [6.45, 7) is 0. The molecule has 1 aromatic rings. The highest BCUT2D eigenvalue weighted by Gasteiger charge is 2.06. The number of benzene rings is 1. The topological polar surface area (TPSA) is 23.8 Å². The third kappa shape index (κ3) is 1.74. The van der Waals surface area contributed by atoms with Gasteiger partial charge in [0.1, 0.15) is 0 Å². The first kappa shape index (κ1) is 7.67. The van der Waals surface area contributed by atoms with Gasteiger partial charge in [-0.2, -0.15) is 5.26 Å². The minimum atomic E-state index is -2.53. The Morgan fingerprint density at radius 1 is 1.45 bits per heavy atom. The van der Waals surface area contributed by atoms with Gasteiger partial charge < -0.3 is 0 Å². The number of nitriles is 1. The molecule has 0 atom stereocenters. The molecular formula is C8H4F2N. The van der Waals surface area contributed by atoms with Crippen molar-refractivity contribution in [1.82, 2.24) is 0 Å². The Morgan fingerprint density at radius 3 is 2.73 bits per heavy atom. The van der Waals surface area contributed by atoms with Gasteiger partial charge in [0, 0.05) is 5.56 Å². The van der Waals surface area contributed by atoms with Crippen LogP contribution < -0.4 is 0 Å². The molecule has 0 heterocycles. The van der Waals surface area contributed by atoms with E-state index in [1.54, 1.807) is 6.07 Å². The highest BCUT2D eigenvalue weighted by atomic mass is 19.3. The Labute approximate surface area is 62.9 Å². The molecule has 0 aliphatic rings. The molecule has 55 valence electrons. The van der Waals surface area contributed by atoms with Crippen LogP contribution in [0.3, 0.4) is 0 Å². The van der Waals surface area contributed by atoms with Gasteiger partial charge in [-0.05, 0) is 24.3 Å². The molecule has 0 aliphatic carbocycles. The SMILES string of the molecule is N#Cc1c[c]cc(C(F)F)c1. The number of rotatable bonds is 1. The molecular weight excluding hydrogens is 148 g/mol. The van der Waals surface area contributed by atoms with Crippen molar-refractivity contribution in [2.45, 2.75) is 6.43 Å². The first-order valence-corrected chi connectivity index (χ1v) is 2.93. The van der Waals surface area contributed by atoms with Gasteiger partial charge in [0.25, 0.3) is 6.43 Å². The van der Waals surface area contributed by atoms with Crippen LogP contribution in [-0.4, -0.2) is 0 Å². The van der Waals surface area contributed by atoms with Crippen LogP contribution in [0.4, 0.5) is 8.78 Å². The zero-order valence-electron chi connectivity index (χ0n) is 5.51. The summed E-state index contributed by atoms with van der Waals surface area (Å²) in [4.78, 5) is 0. The van der Waals surface area contributed by atoms with E-state index in [0.29, 0.717) is 0 Å². The van der Waals surface area contributed by atoms with Crippen LogP contribution in [0.25, 0.3) is 0 Å². The average molecular weight is 152 g/mol. The molecule has 0 saturated carbocycles. The van der Waals surface area contributed by atoms with Crippen molar-refractivity contribution < 1.29 is 8.78 Å². The molecule has 0 fully saturated rings. The van der Waals surface area contributed by atoms with Crippen molar-refractivity contribution in [3.05, 3.63) is 35.4 Å². The molecule has 0 spiro atoms. The number of alkyl halides is 2. The molecule has 0 saturated heterocycles. The summed E-state index contributed by atoms with van der Waals surface area (Å²) in [5, 5.41) is 8.33. The van der Waals surface area contributed by atoms with Crippen molar-refractivity contribution >= 4 is 0 Å². The lowest BCUT2D eigenvalue weighted by atomic mass is 10.1. The second-order valence-corrected chi connectivity index (χ2v) is 1.97. The highest BCUT2D eigenvalue weighted by Crippen LogP contribution is 2.18. The lowest BCUT2D eigenvalue weighted by molar-refractivity contribution is 0.151. The molecule has 1 rings (SSSR count). The Bertz CT molecular complexity index is 288. The van der Waals surface area contributed by atoms with Crippen molar-refractivity contribution in [1.29, 1.82) is 5.26 Å². The molecule has 1 radical (unpaired) electrons. The van der Waals surface area contributed by atoms with Crippen LogP contribution in [0.15, 0.2) is 18.2 Å². The Kier molecular flexibility index (Phi) is 2.17. The summed E-state index contributed by atoms with van der Waals surface area (Å²) < 4.78 is 23.9. The fourth-order valence-electron chi connectivity index (χ4n) is 0.681. The Balaban J connectivity index is 3.03. The number of hydrogen-bond donors (Lipinski definition) is 0. The van der Waals surface area contributed by atoms with Gasteiger partial charge >= 0.3 is 0 Å². The van der Waals surface area contributed by atoms with E-state index in [-0.39, 0.29) is 11.1 Å². The van der Waals surface area contributed by atoms with E-state index >= 15 is 0 Å². The quantitative estimate of drug-likeness (QED) is 0.605. The van der Waals surface area contributed by atoms with Gasteiger partial charge in [-0.15, -0.1) is 0 Å². The largest absolute Gasteiger partial charge is 0.263 e. The predicted molar refractivity (Wildman–Crippen MR) is 35.0 cm³/mol. The van der Waals surface area contributed by atoms with Gasteiger partial charge in [0.2, 0.25) is 0 Å². The monoisotopic (exact) mass is 152 g/mol. The van der Waals surface area contributed by atoms with Crippen molar-refractivity contribution in [2.75, 3.05) is 0 Å². The first-order chi connectivity index (χ1) is 5.24. The predicted octanol–water partition coefficient (Wildman–Crippen LogP) is 2.30. The maximum Gasteiger partial charge on any atom is 0.263 e. The summed E-state index contributed by atoms with van der Waals surface area (Å²) >= 11 is 0. The number of halogens is 2. The molecule has 0 aliphatic heterocycles. The van der Waals surface area contributed by atoms with E-state index < -0.39 is 6.43 Å². The average Bonchev–Trinajstić information content (AvgIpc) is 2.05. The van der Waals surface area contributed by atoms with Crippen molar-refractivity contribution in [3.63, 3.8) is 0 Å². The normalized spacial score (nSPS) is 9.64. The van der Waals surface area contributed by atoms with E-state index in [4.69, 9.17) is 5.26 Å². The maximum absolute atomic E-state index is 12.0. The minimum absolute atomic E-state index is 0.163. The van der Waals surface area contributed by atoms with Gasteiger partial charge in [-0.3, -0.25) is 0 Å². The summed E-state index contributed by atoms with van der Waals surface area (Å²) in [5.41, 5.74) is 0.0480. The lowest BCUT2D eigenvalue weighted by Gasteiger charge is -1.96. The molecule has 0 unspecified atom stereocenters. The zero-order chi connectivity index (χ0) is 8.27. The molecule has 0 N–H and O–H groups in total. The van der Waals surface area contributed by atoms with Crippen LogP contribution >= 0.6 is 0 Å². The summed E-state index contributed by atoms with van der Waals surface area (Å²) in [7, 11) is 0. The summed E-state index contributed by atoms with van der Waals surface area (Å²) in [5.74, 6) is 0. The van der Waals surface area contributed by atoms with Crippen molar-refractivity contribution in [3.8, 4) is 6.07 Å². The van der Waals surface area contributed by atoms with E-state index in [1.807, 2.05) is 0 Å². The second-order valence-electron chi connectivity index (χ2n) is 1.97. The van der Waals surface area contributed by atoms with E-state index in [2.05, 4.69) is 6.07 Å². The minimum Gasteiger partial charge on any atom is -0.205 e. The summed E-state index contributed by atoms with van der Waals surface area (Å²) in [6, 6.07) is 7.91. The van der Waals surface area contributed by atoms with E-state index in [0.717, 1.165) is 6.07 Å². The Morgan fingerprint density at radius 2 is 2.18 bits per heavy atom. The van der Waals surface area contributed by atoms with Gasteiger partial charge in [-0.25, -0.2) is 8.78 Å². The molecule has 1 aromatic carbocycles. The van der Waals surface area contributed by atoms with Crippen molar-refractivity contribution in [2.24, 2.45) is 0 Å². The highest BCUT2D eigenvalue weighted by molar-refractivity contribution is 5.32.